The van der Waals surface area contributed by atoms with Gasteiger partial charge in [-0.05, 0) is 115 Å². The molecule has 0 radical (unpaired) electrons. The Hall–Kier alpha value is -6.25. The van der Waals surface area contributed by atoms with Gasteiger partial charge in [0.1, 0.15) is 6.17 Å². The van der Waals surface area contributed by atoms with Gasteiger partial charge in [-0.2, -0.15) is 0 Å². The molecule has 7 aromatic rings. The Balaban J connectivity index is 0.965. The van der Waals surface area contributed by atoms with Crippen molar-refractivity contribution in [1.29, 1.82) is 0 Å². The van der Waals surface area contributed by atoms with Crippen LogP contribution >= 0.6 is 0 Å². The fourth-order valence-electron chi connectivity index (χ4n) is 10.6. The first-order valence-corrected chi connectivity index (χ1v) is 20.8. The zero-order chi connectivity index (χ0) is 38.1. The molecule has 1 unspecified atom stereocenters. The predicted molar refractivity (Wildman–Crippen MR) is 237 cm³/mol. The quantitative estimate of drug-likeness (QED) is 0.187. The summed E-state index contributed by atoms with van der Waals surface area (Å²) in [4.78, 5) is 5.24. The Morgan fingerprint density at radius 3 is 1.91 bits per heavy atom. The van der Waals surface area contributed by atoms with E-state index < -0.39 is 0 Å². The molecule has 57 heavy (non-hydrogen) atoms. The summed E-state index contributed by atoms with van der Waals surface area (Å²) >= 11 is 0. The van der Waals surface area contributed by atoms with E-state index in [9.17, 15) is 0 Å². The third kappa shape index (κ3) is 5.41. The summed E-state index contributed by atoms with van der Waals surface area (Å²) in [6.07, 6.45) is 8.47. The first-order valence-electron chi connectivity index (χ1n) is 20.8. The third-order valence-corrected chi connectivity index (χ3v) is 13.5. The van der Waals surface area contributed by atoms with E-state index >= 15 is 0 Å². The van der Waals surface area contributed by atoms with Crippen LogP contribution in [-0.2, 0) is 10.8 Å². The van der Waals surface area contributed by atoms with Gasteiger partial charge in [0.15, 0.2) is 0 Å². The predicted octanol–water partition coefficient (Wildman–Crippen LogP) is 13.7. The molecule has 2 heteroatoms. The van der Waals surface area contributed by atoms with Crippen LogP contribution in [0.5, 0.6) is 0 Å². The van der Waals surface area contributed by atoms with Crippen LogP contribution in [-0.4, -0.2) is 5.71 Å². The van der Waals surface area contributed by atoms with Crippen molar-refractivity contribution in [2.24, 2.45) is 4.99 Å². The Morgan fingerprint density at radius 2 is 1.11 bits per heavy atom. The van der Waals surface area contributed by atoms with Gasteiger partial charge < -0.3 is 5.32 Å². The molecule has 0 amide bonds. The van der Waals surface area contributed by atoms with Crippen LogP contribution in [0.15, 0.2) is 175 Å². The van der Waals surface area contributed by atoms with E-state index in [1.54, 1.807) is 11.1 Å². The molecule has 1 atom stereocenters. The minimum Gasteiger partial charge on any atom is -0.360 e. The van der Waals surface area contributed by atoms with E-state index in [-0.39, 0.29) is 17.0 Å². The van der Waals surface area contributed by atoms with Gasteiger partial charge in [-0.3, -0.25) is 4.99 Å². The molecule has 276 valence electrons. The molecule has 0 saturated heterocycles. The number of hydrogen-bond donors (Lipinski definition) is 1. The van der Waals surface area contributed by atoms with E-state index in [1.165, 1.54) is 87.7 Å². The zero-order valence-electron chi connectivity index (χ0n) is 32.7. The van der Waals surface area contributed by atoms with Crippen LogP contribution in [0.2, 0.25) is 0 Å². The number of hydrogen-bond acceptors (Lipinski definition) is 2. The lowest BCUT2D eigenvalue weighted by Crippen LogP contribution is -2.28. The molecule has 4 aliphatic rings. The maximum Gasteiger partial charge on any atom is 0.145 e. The van der Waals surface area contributed by atoms with E-state index in [1.807, 2.05) is 0 Å². The van der Waals surface area contributed by atoms with Gasteiger partial charge in [0.25, 0.3) is 0 Å². The van der Waals surface area contributed by atoms with Crippen LogP contribution in [0.4, 0.5) is 0 Å². The summed E-state index contributed by atoms with van der Waals surface area (Å²) in [6, 6.07) is 60.7. The second-order valence-corrected chi connectivity index (χ2v) is 17.0. The van der Waals surface area contributed by atoms with Gasteiger partial charge in [0.05, 0.1) is 5.71 Å². The van der Waals surface area contributed by atoms with E-state index in [0.29, 0.717) is 0 Å². The topological polar surface area (TPSA) is 24.4 Å². The number of fused-ring (bicyclic) bond motifs is 8. The average Bonchev–Trinajstić information content (AvgIpc) is 3.67. The van der Waals surface area contributed by atoms with E-state index in [4.69, 9.17) is 4.99 Å². The van der Waals surface area contributed by atoms with Gasteiger partial charge in [0, 0.05) is 22.1 Å². The summed E-state index contributed by atoms with van der Waals surface area (Å²) in [7, 11) is 0. The highest BCUT2D eigenvalue weighted by molar-refractivity contribution is 6.13. The van der Waals surface area contributed by atoms with Gasteiger partial charge in [-0.15, -0.1) is 0 Å². The van der Waals surface area contributed by atoms with Crippen molar-refractivity contribution in [1.82, 2.24) is 5.32 Å². The first-order chi connectivity index (χ1) is 28.0. The van der Waals surface area contributed by atoms with Crippen molar-refractivity contribution in [3.05, 3.63) is 209 Å². The number of benzene rings is 7. The van der Waals surface area contributed by atoms with Crippen LogP contribution in [0, 0.1) is 0 Å². The number of aliphatic imine (C=N–C) groups is 1. The Morgan fingerprint density at radius 1 is 0.474 bits per heavy atom. The molecule has 1 fully saturated rings. The lowest BCUT2D eigenvalue weighted by Gasteiger charge is -2.36. The highest BCUT2D eigenvalue weighted by Crippen LogP contribution is 2.60. The highest BCUT2D eigenvalue weighted by Gasteiger charge is 2.46. The maximum absolute atomic E-state index is 5.24. The standard InChI is InChI=1S/C55H46N2/c1-54(2)47-25-15-23-42(52(47)45-34-49-44(33-48(45)54)43-22-10-11-24-46(43)55(49)30-12-5-13-31-55)37-28-26-36(27-29-37)40-20-14-21-41(32-40)51-35-50(38-16-6-3-7-17-38)56-53(57-51)39-18-8-4-9-19-39/h3-4,6-11,14-29,32-35,53,56H,5,12-13,30-31H2,1-2H3. The van der Waals surface area contributed by atoms with E-state index in [2.05, 4.69) is 189 Å². The van der Waals surface area contributed by atoms with E-state index in [0.717, 1.165) is 28.1 Å². The lowest BCUT2D eigenvalue weighted by atomic mass is 9.67. The fourth-order valence-corrected chi connectivity index (χ4v) is 10.6. The average molecular weight is 735 g/mol. The first kappa shape index (κ1) is 34.0. The van der Waals surface area contributed by atoms with Crippen molar-refractivity contribution >= 4 is 11.4 Å². The van der Waals surface area contributed by atoms with Crippen LogP contribution in [0.25, 0.3) is 50.2 Å². The van der Waals surface area contributed by atoms with Crippen LogP contribution < -0.4 is 5.32 Å². The third-order valence-electron chi connectivity index (χ3n) is 13.5. The molecule has 11 rings (SSSR count). The lowest BCUT2D eigenvalue weighted by molar-refractivity contribution is 0.353. The normalized spacial score (nSPS) is 18.1. The maximum atomic E-state index is 5.24. The molecule has 1 heterocycles. The minimum atomic E-state index is -0.170. The Kier molecular flexibility index (Phi) is 7.86. The number of nitrogens with zero attached hydrogens (tertiary/aromatic N) is 1. The second kappa shape index (κ2) is 13.2. The van der Waals surface area contributed by atoms with Crippen molar-refractivity contribution in [3.63, 3.8) is 0 Å². The summed E-state index contributed by atoms with van der Waals surface area (Å²) in [6.45, 7) is 4.85. The summed E-state index contributed by atoms with van der Waals surface area (Å²) in [5, 5.41) is 3.69. The van der Waals surface area contributed by atoms with Crippen LogP contribution in [0.3, 0.4) is 0 Å². The molecule has 3 aliphatic carbocycles. The molecular weight excluding hydrogens is 689 g/mol. The molecule has 1 saturated carbocycles. The summed E-state index contributed by atoms with van der Waals surface area (Å²) in [5.41, 5.74) is 22.3. The van der Waals surface area contributed by atoms with Crippen molar-refractivity contribution in [2.45, 2.75) is 62.9 Å². The van der Waals surface area contributed by atoms with Crippen LogP contribution in [0.1, 0.15) is 91.1 Å². The van der Waals surface area contributed by atoms with Crippen molar-refractivity contribution in [3.8, 4) is 44.5 Å². The smallest absolute Gasteiger partial charge is 0.145 e. The van der Waals surface area contributed by atoms with Gasteiger partial charge in [-0.25, -0.2) is 0 Å². The Bertz CT molecular complexity index is 2750. The number of nitrogens with one attached hydrogen (secondary N) is 1. The molecule has 0 bridgehead atoms. The monoisotopic (exact) mass is 734 g/mol. The molecule has 0 aromatic heterocycles. The minimum absolute atomic E-state index is 0.0843. The fraction of sp³-hybridized carbons (Fsp3) is 0.182. The van der Waals surface area contributed by atoms with Gasteiger partial charge >= 0.3 is 0 Å². The summed E-state index contributed by atoms with van der Waals surface area (Å²) < 4.78 is 0. The number of allylic oxidation sites excluding steroid dienone is 1. The Labute approximate surface area is 336 Å². The largest absolute Gasteiger partial charge is 0.360 e. The van der Waals surface area contributed by atoms with Gasteiger partial charge in [0.2, 0.25) is 0 Å². The molecule has 1 N–H and O–H groups in total. The SMILES string of the molecule is CC1(C)c2cc3c(cc2-c2c(-c4ccc(-c5cccc(C6=NC(c7ccccc7)NC(c7ccccc7)=C6)c5)cc4)cccc21)C1(CCCCC1)c1ccccc1-3. The second-order valence-electron chi connectivity index (χ2n) is 17.0. The zero-order valence-corrected chi connectivity index (χ0v) is 32.7. The number of rotatable bonds is 5. The molecular formula is C55H46N2. The summed E-state index contributed by atoms with van der Waals surface area (Å²) in [5.74, 6) is 0. The molecule has 1 aliphatic heterocycles. The van der Waals surface area contributed by atoms with Crippen molar-refractivity contribution in [2.75, 3.05) is 0 Å². The molecule has 7 aromatic carbocycles. The van der Waals surface area contributed by atoms with Crippen molar-refractivity contribution < 1.29 is 0 Å². The molecule has 2 nitrogen and oxygen atoms in total. The highest BCUT2D eigenvalue weighted by atomic mass is 15.1. The van der Waals surface area contributed by atoms with Gasteiger partial charge in [-0.1, -0.05) is 179 Å². The molecule has 1 spiro atoms.